The van der Waals surface area contributed by atoms with Crippen LogP contribution in [0, 0.1) is 6.92 Å². The lowest BCUT2D eigenvalue weighted by molar-refractivity contribution is 0.00578. The van der Waals surface area contributed by atoms with E-state index < -0.39 is 18.3 Å². The molecule has 0 bridgehead atoms. The van der Waals surface area contributed by atoms with E-state index in [1.807, 2.05) is 40.7 Å². The minimum Gasteiger partial charge on any atom is -0.399 e. The molecule has 0 aromatic heterocycles. The number of aldehydes is 1. The van der Waals surface area contributed by atoms with Crippen molar-refractivity contribution in [3.63, 3.8) is 0 Å². The SMILES string of the molecule is CCc1cc(C)cc(B2OC(C)(C)C(C)(C)O2)c1C=O. The van der Waals surface area contributed by atoms with Gasteiger partial charge in [0.1, 0.15) is 6.29 Å². The summed E-state index contributed by atoms with van der Waals surface area (Å²) in [5.74, 6) is 0. The fraction of sp³-hybridized carbons (Fsp3) is 0.562. The quantitative estimate of drug-likeness (QED) is 0.628. The Morgan fingerprint density at radius 2 is 1.70 bits per heavy atom. The molecule has 1 fully saturated rings. The Hall–Kier alpha value is -1.13. The average Bonchev–Trinajstić information content (AvgIpc) is 2.57. The monoisotopic (exact) mass is 274 g/mol. The largest absolute Gasteiger partial charge is 0.495 e. The van der Waals surface area contributed by atoms with Gasteiger partial charge in [0.25, 0.3) is 0 Å². The van der Waals surface area contributed by atoms with Gasteiger partial charge in [-0.25, -0.2) is 0 Å². The lowest BCUT2D eigenvalue weighted by Crippen LogP contribution is -2.41. The number of rotatable bonds is 3. The smallest absolute Gasteiger partial charge is 0.399 e. The van der Waals surface area contributed by atoms with E-state index in [1.165, 1.54) is 0 Å². The zero-order valence-corrected chi connectivity index (χ0v) is 13.2. The molecule has 1 aliphatic heterocycles. The van der Waals surface area contributed by atoms with Crippen LogP contribution in [-0.2, 0) is 15.7 Å². The van der Waals surface area contributed by atoms with E-state index in [2.05, 4.69) is 13.0 Å². The van der Waals surface area contributed by atoms with Crippen molar-refractivity contribution in [1.82, 2.24) is 0 Å². The van der Waals surface area contributed by atoms with Crippen LogP contribution in [0.5, 0.6) is 0 Å². The Bertz CT molecular complexity index is 519. The second-order valence-corrected chi connectivity index (χ2v) is 6.49. The third kappa shape index (κ3) is 2.43. The normalized spacial score (nSPS) is 20.2. The highest BCUT2D eigenvalue weighted by Crippen LogP contribution is 2.36. The van der Waals surface area contributed by atoms with Gasteiger partial charge in [-0.3, -0.25) is 4.79 Å². The van der Waals surface area contributed by atoms with E-state index in [0.717, 1.165) is 29.3 Å². The van der Waals surface area contributed by atoms with Crippen molar-refractivity contribution in [3.8, 4) is 0 Å². The Kier molecular flexibility index (Phi) is 3.82. The summed E-state index contributed by atoms with van der Waals surface area (Å²) in [5.41, 5.74) is 2.93. The molecule has 0 aliphatic carbocycles. The molecule has 0 amide bonds. The second kappa shape index (κ2) is 5.01. The van der Waals surface area contributed by atoms with Gasteiger partial charge in [0, 0.05) is 5.56 Å². The van der Waals surface area contributed by atoms with Crippen LogP contribution >= 0.6 is 0 Å². The summed E-state index contributed by atoms with van der Waals surface area (Å²) in [6, 6.07) is 4.05. The minimum atomic E-state index is -0.481. The maximum Gasteiger partial charge on any atom is 0.495 e. The van der Waals surface area contributed by atoms with Gasteiger partial charge < -0.3 is 9.31 Å². The molecule has 0 N–H and O–H groups in total. The number of benzene rings is 1. The van der Waals surface area contributed by atoms with Crippen LogP contribution in [0.1, 0.15) is 56.1 Å². The Morgan fingerprint density at radius 3 is 2.15 bits per heavy atom. The highest BCUT2D eigenvalue weighted by atomic mass is 16.7. The molecular weight excluding hydrogens is 251 g/mol. The molecule has 3 nitrogen and oxygen atoms in total. The van der Waals surface area contributed by atoms with Crippen LogP contribution in [0.2, 0.25) is 0 Å². The maximum atomic E-state index is 11.5. The summed E-state index contributed by atoms with van der Waals surface area (Å²) in [5, 5.41) is 0. The summed E-state index contributed by atoms with van der Waals surface area (Å²) in [6.45, 7) is 12.2. The zero-order chi connectivity index (χ0) is 15.1. The van der Waals surface area contributed by atoms with Gasteiger partial charge >= 0.3 is 7.12 Å². The highest BCUT2D eigenvalue weighted by Gasteiger charge is 2.52. The highest BCUT2D eigenvalue weighted by molar-refractivity contribution is 6.63. The molecule has 0 saturated carbocycles. The van der Waals surface area contributed by atoms with Gasteiger partial charge in [-0.15, -0.1) is 0 Å². The number of carbonyl (C=O) groups is 1. The second-order valence-electron chi connectivity index (χ2n) is 6.49. The van der Waals surface area contributed by atoms with Crippen molar-refractivity contribution in [2.75, 3.05) is 0 Å². The predicted molar refractivity (Wildman–Crippen MR) is 81.7 cm³/mol. The van der Waals surface area contributed by atoms with Gasteiger partial charge in [-0.1, -0.05) is 24.6 Å². The maximum absolute atomic E-state index is 11.5. The van der Waals surface area contributed by atoms with Gasteiger partial charge in [0.15, 0.2) is 0 Å². The zero-order valence-electron chi connectivity index (χ0n) is 13.2. The first-order valence-electron chi connectivity index (χ1n) is 7.16. The number of hydrogen-bond donors (Lipinski definition) is 0. The van der Waals surface area contributed by atoms with Crippen molar-refractivity contribution in [2.24, 2.45) is 0 Å². The van der Waals surface area contributed by atoms with E-state index in [4.69, 9.17) is 9.31 Å². The Labute approximate surface area is 121 Å². The van der Waals surface area contributed by atoms with Gasteiger partial charge in [0.05, 0.1) is 11.2 Å². The van der Waals surface area contributed by atoms with Crippen molar-refractivity contribution in [2.45, 2.75) is 59.2 Å². The van der Waals surface area contributed by atoms with Crippen LogP contribution in [-0.4, -0.2) is 24.6 Å². The van der Waals surface area contributed by atoms with E-state index >= 15 is 0 Å². The number of hydrogen-bond acceptors (Lipinski definition) is 3. The molecule has 0 unspecified atom stereocenters. The summed E-state index contributed by atoms with van der Waals surface area (Å²) in [7, 11) is -0.481. The first-order valence-corrected chi connectivity index (χ1v) is 7.16. The molecule has 2 rings (SSSR count). The summed E-state index contributed by atoms with van der Waals surface area (Å²) in [4.78, 5) is 11.5. The molecule has 108 valence electrons. The summed E-state index contributed by atoms with van der Waals surface area (Å²) >= 11 is 0. The van der Waals surface area contributed by atoms with Gasteiger partial charge in [-0.05, 0) is 52.1 Å². The molecule has 0 radical (unpaired) electrons. The van der Waals surface area contributed by atoms with Crippen molar-refractivity contribution < 1.29 is 14.1 Å². The van der Waals surface area contributed by atoms with E-state index in [-0.39, 0.29) is 0 Å². The van der Waals surface area contributed by atoms with Crippen LogP contribution in [0.25, 0.3) is 0 Å². The van der Waals surface area contributed by atoms with Crippen LogP contribution < -0.4 is 5.46 Å². The van der Waals surface area contributed by atoms with Crippen molar-refractivity contribution in [1.29, 1.82) is 0 Å². The van der Waals surface area contributed by atoms with E-state index in [0.29, 0.717) is 5.56 Å². The fourth-order valence-corrected chi connectivity index (χ4v) is 2.50. The molecule has 1 aromatic rings. The molecule has 20 heavy (non-hydrogen) atoms. The van der Waals surface area contributed by atoms with Crippen molar-refractivity contribution in [3.05, 3.63) is 28.8 Å². The number of aryl methyl sites for hydroxylation is 2. The molecule has 1 saturated heterocycles. The van der Waals surface area contributed by atoms with Gasteiger partial charge in [0.2, 0.25) is 0 Å². The van der Waals surface area contributed by atoms with E-state index in [1.54, 1.807) is 0 Å². The molecule has 0 atom stereocenters. The molecule has 1 aliphatic rings. The van der Waals surface area contributed by atoms with Crippen LogP contribution in [0.3, 0.4) is 0 Å². The van der Waals surface area contributed by atoms with Crippen molar-refractivity contribution >= 4 is 18.9 Å². The standard InChI is InChI=1S/C16H23BO3/c1-7-12-8-11(2)9-14(13(12)10-18)17-19-15(3,4)16(5,6)20-17/h8-10H,7H2,1-6H3. The third-order valence-corrected chi connectivity index (χ3v) is 4.45. The first kappa shape index (κ1) is 15.3. The molecular formula is C16H23BO3. The Morgan fingerprint density at radius 1 is 1.15 bits per heavy atom. The minimum absolute atomic E-state index is 0.395. The van der Waals surface area contributed by atoms with Crippen LogP contribution in [0.15, 0.2) is 12.1 Å². The van der Waals surface area contributed by atoms with Gasteiger partial charge in [-0.2, -0.15) is 0 Å². The lowest BCUT2D eigenvalue weighted by Gasteiger charge is -2.32. The molecule has 1 aromatic carbocycles. The Balaban J connectivity index is 2.49. The molecule has 4 heteroatoms. The predicted octanol–water partition coefficient (Wildman–Crippen LogP) is 2.67. The summed E-state index contributed by atoms with van der Waals surface area (Å²) in [6.07, 6.45) is 1.74. The number of carbonyl (C=O) groups excluding carboxylic acids is 1. The first-order chi connectivity index (χ1) is 9.21. The average molecular weight is 274 g/mol. The lowest BCUT2D eigenvalue weighted by atomic mass is 9.74. The molecule has 0 spiro atoms. The van der Waals surface area contributed by atoms with E-state index in [9.17, 15) is 4.79 Å². The topological polar surface area (TPSA) is 35.5 Å². The van der Waals surface area contributed by atoms with Crippen LogP contribution in [0.4, 0.5) is 0 Å². The molecule has 1 heterocycles. The fourth-order valence-electron chi connectivity index (χ4n) is 2.50. The summed E-state index contributed by atoms with van der Waals surface area (Å²) < 4.78 is 12.1. The third-order valence-electron chi connectivity index (χ3n) is 4.45.